The SMILES string of the molecule is CC(C)CC(CN)NC(=O)c1ccc(S(=O)(=O)Nc2ccc(F)cc2)cc1. The molecular weight excluding hydrogens is 369 g/mol. The van der Waals surface area contributed by atoms with Gasteiger partial charge in [-0.15, -0.1) is 0 Å². The average Bonchev–Trinajstić information content (AvgIpc) is 2.62. The van der Waals surface area contributed by atoms with Crippen LogP contribution in [-0.2, 0) is 10.0 Å². The number of benzene rings is 2. The van der Waals surface area contributed by atoms with Crippen LogP contribution in [0.4, 0.5) is 10.1 Å². The Hall–Kier alpha value is -2.45. The lowest BCUT2D eigenvalue weighted by atomic mass is 10.0. The van der Waals surface area contributed by atoms with E-state index in [4.69, 9.17) is 5.73 Å². The van der Waals surface area contributed by atoms with Gasteiger partial charge in [-0.2, -0.15) is 0 Å². The minimum atomic E-state index is -3.84. The van der Waals surface area contributed by atoms with Crippen molar-refractivity contribution in [1.82, 2.24) is 5.32 Å². The number of nitrogens with one attached hydrogen (secondary N) is 2. The van der Waals surface area contributed by atoms with Crippen molar-refractivity contribution in [2.45, 2.75) is 31.2 Å². The molecule has 0 aromatic heterocycles. The molecule has 0 fully saturated rings. The zero-order valence-corrected chi connectivity index (χ0v) is 16.1. The van der Waals surface area contributed by atoms with Crippen molar-refractivity contribution in [2.24, 2.45) is 11.7 Å². The molecule has 27 heavy (non-hydrogen) atoms. The Balaban J connectivity index is 2.09. The minimum absolute atomic E-state index is 0.000861. The van der Waals surface area contributed by atoms with E-state index in [0.29, 0.717) is 18.0 Å². The maximum absolute atomic E-state index is 12.9. The molecule has 0 radical (unpaired) electrons. The summed E-state index contributed by atoms with van der Waals surface area (Å²) in [6, 6.07) is 10.4. The summed E-state index contributed by atoms with van der Waals surface area (Å²) < 4.78 is 40.1. The van der Waals surface area contributed by atoms with Crippen LogP contribution in [0.2, 0.25) is 0 Å². The molecule has 8 heteroatoms. The van der Waals surface area contributed by atoms with Gasteiger partial charge in [-0.3, -0.25) is 9.52 Å². The molecule has 0 aliphatic rings. The first kappa shape index (κ1) is 20.9. The maximum atomic E-state index is 12.9. The van der Waals surface area contributed by atoms with E-state index in [1.165, 1.54) is 36.4 Å². The Morgan fingerprint density at radius 1 is 1.07 bits per heavy atom. The molecule has 0 heterocycles. The van der Waals surface area contributed by atoms with Gasteiger partial charge < -0.3 is 11.1 Å². The second kappa shape index (κ2) is 8.96. The van der Waals surface area contributed by atoms with Gasteiger partial charge in [0.05, 0.1) is 4.90 Å². The third kappa shape index (κ3) is 6.04. The van der Waals surface area contributed by atoms with Crippen LogP contribution in [-0.4, -0.2) is 26.9 Å². The number of carbonyl (C=O) groups excluding carboxylic acids is 1. The molecule has 2 aromatic rings. The fourth-order valence-corrected chi connectivity index (χ4v) is 3.63. The molecule has 1 unspecified atom stereocenters. The molecule has 1 amide bonds. The first-order chi connectivity index (χ1) is 12.7. The summed E-state index contributed by atoms with van der Waals surface area (Å²) in [7, 11) is -3.84. The van der Waals surface area contributed by atoms with E-state index in [1.54, 1.807) is 0 Å². The Kier molecular flexibility index (Phi) is 6.92. The smallest absolute Gasteiger partial charge is 0.261 e. The monoisotopic (exact) mass is 393 g/mol. The highest BCUT2D eigenvalue weighted by molar-refractivity contribution is 7.92. The van der Waals surface area contributed by atoms with Crippen molar-refractivity contribution >= 4 is 21.6 Å². The lowest BCUT2D eigenvalue weighted by Crippen LogP contribution is -2.41. The normalized spacial score (nSPS) is 12.6. The Labute approximate surface area is 159 Å². The predicted octanol–water partition coefficient (Wildman–Crippen LogP) is 2.73. The van der Waals surface area contributed by atoms with Gasteiger partial charge in [0.15, 0.2) is 0 Å². The molecule has 0 bridgehead atoms. The zero-order valence-electron chi connectivity index (χ0n) is 15.3. The molecule has 1 atom stereocenters. The number of halogens is 1. The van der Waals surface area contributed by atoms with Crippen LogP contribution in [0.5, 0.6) is 0 Å². The van der Waals surface area contributed by atoms with E-state index in [9.17, 15) is 17.6 Å². The minimum Gasteiger partial charge on any atom is -0.348 e. The number of hydrogen-bond donors (Lipinski definition) is 3. The van der Waals surface area contributed by atoms with Gasteiger partial charge in [0.25, 0.3) is 15.9 Å². The van der Waals surface area contributed by atoms with Crippen molar-refractivity contribution in [2.75, 3.05) is 11.3 Å². The van der Waals surface area contributed by atoms with Crippen molar-refractivity contribution in [3.63, 3.8) is 0 Å². The number of hydrogen-bond acceptors (Lipinski definition) is 4. The summed E-state index contributed by atoms with van der Waals surface area (Å²) in [6.45, 7) is 4.42. The quantitative estimate of drug-likeness (QED) is 0.642. The summed E-state index contributed by atoms with van der Waals surface area (Å²) in [5.41, 5.74) is 6.28. The molecule has 0 saturated carbocycles. The number of nitrogens with two attached hydrogens (primary N) is 1. The van der Waals surface area contributed by atoms with Crippen molar-refractivity contribution < 1.29 is 17.6 Å². The van der Waals surface area contributed by atoms with Gasteiger partial charge in [0.1, 0.15) is 5.82 Å². The van der Waals surface area contributed by atoms with Crippen LogP contribution in [0.3, 0.4) is 0 Å². The Morgan fingerprint density at radius 2 is 1.67 bits per heavy atom. The third-order valence-electron chi connectivity index (χ3n) is 3.90. The molecule has 0 aliphatic carbocycles. The van der Waals surface area contributed by atoms with Crippen LogP contribution in [0.25, 0.3) is 0 Å². The number of rotatable bonds is 8. The van der Waals surface area contributed by atoms with Crippen LogP contribution in [0, 0.1) is 11.7 Å². The molecule has 146 valence electrons. The summed E-state index contributed by atoms with van der Waals surface area (Å²) in [4.78, 5) is 12.3. The number of sulfonamides is 1. The Bertz CT molecular complexity index is 866. The van der Waals surface area contributed by atoms with Gasteiger partial charge in [0, 0.05) is 23.8 Å². The summed E-state index contributed by atoms with van der Waals surface area (Å²) in [6.07, 6.45) is 0.760. The van der Waals surface area contributed by atoms with Gasteiger partial charge in [0.2, 0.25) is 0 Å². The van der Waals surface area contributed by atoms with E-state index < -0.39 is 15.8 Å². The van der Waals surface area contributed by atoms with Gasteiger partial charge in [-0.05, 0) is 60.9 Å². The van der Waals surface area contributed by atoms with E-state index >= 15 is 0 Å². The van der Waals surface area contributed by atoms with E-state index in [0.717, 1.165) is 18.6 Å². The van der Waals surface area contributed by atoms with Crippen molar-refractivity contribution in [3.8, 4) is 0 Å². The highest BCUT2D eigenvalue weighted by atomic mass is 32.2. The van der Waals surface area contributed by atoms with Crippen LogP contribution in [0.1, 0.15) is 30.6 Å². The van der Waals surface area contributed by atoms with Crippen LogP contribution in [0.15, 0.2) is 53.4 Å². The standard InChI is InChI=1S/C19H24FN3O3S/c1-13(2)11-17(12-21)22-19(24)14-3-9-18(10-4-14)27(25,26)23-16-7-5-15(20)6-8-16/h3-10,13,17,23H,11-12,21H2,1-2H3,(H,22,24). The lowest BCUT2D eigenvalue weighted by molar-refractivity contribution is 0.0933. The Morgan fingerprint density at radius 3 is 2.19 bits per heavy atom. The molecule has 6 nitrogen and oxygen atoms in total. The molecule has 0 spiro atoms. The largest absolute Gasteiger partial charge is 0.348 e. The molecule has 2 aromatic carbocycles. The van der Waals surface area contributed by atoms with Crippen molar-refractivity contribution in [3.05, 3.63) is 59.9 Å². The first-order valence-electron chi connectivity index (χ1n) is 8.60. The molecule has 0 saturated heterocycles. The second-order valence-corrected chi connectivity index (χ2v) is 8.35. The molecule has 2 rings (SSSR count). The predicted molar refractivity (Wildman–Crippen MR) is 103 cm³/mol. The fourth-order valence-electron chi connectivity index (χ4n) is 2.57. The number of carbonyl (C=O) groups is 1. The molecule has 4 N–H and O–H groups in total. The number of amides is 1. The second-order valence-electron chi connectivity index (χ2n) is 6.67. The van der Waals surface area contributed by atoms with E-state index in [2.05, 4.69) is 10.0 Å². The molecular formula is C19H24FN3O3S. The van der Waals surface area contributed by atoms with Gasteiger partial charge in [-0.1, -0.05) is 13.8 Å². The fraction of sp³-hybridized carbons (Fsp3) is 0.316. The van der Waals surface area contributed by atoms with Crippen LogP contribution < -0.4 is 15.8 Å². The van der Waals surface area contributed by atoms with Gasteiger partial charge >= 0.3 is 0 Å². The molecule has 0 aliphatic heterocycles. The highest BCUT2D eigenvalue weighted by Crippen LogP contribution is 2.17. The third-order valence-corrected chi connectivity index (χ3v) is 5.30. The lowest BCUT2D eigenvalue weighted by Gasteiger charge is -2.19. The van der Waals surface area contributed by atoms with Crippen LogP contribution >= 0.6 is 0 Å². The van der Waals surface area contributed by atoms with Crippen molar-refractivity contribution in [1.29, 1.82) is 0 Å². The first-order valence-corrected chi connectivity index (χ1v) is 10.1. The topological polar surface area (TPSA) is 101 Å². The summed E-state index contributed by atoms with van der Waals surface area (Å²) in [5.74, 6) is -0.369. The highest BCUT2D eigenvalue weighted by Gasteiger charge is 2.17. The number of anilines is 1. The summed E-state index contributed by atoms with van der Waals surface area (Å²) >= 11 is 0. The maximum Gasteiger partial charge on any atom is 0.261 e. The zero-order chi connectivity index (χ0) is 20.0. The summed E-state index contributed by atoms with van der Waals surface area (Å²) in [5, 5.41) is 2.85. The van der Waals surface area contributed by atoms with E-state index in [1.807, 2.05) is 13.8 Å². The van der Waals surface area contributed by atoms with E-state index in [-0.39, 0.29) is 22.5 Å². The average molecular weight is 393 g/mol. The van der Waals surface area contributed by atoms with Gasteiger partial charge in [-0.25, -0.2) is 12.8 Å².